The van der Waals surface area contributed by atoms with Gasteiger partial charge in [-0.05, 0) is 56.3 Å². The van der Waals surface area contributed by atoms with Crippen molar-refractivity contribution in [2.24, 2.45) is 0 Å². The molecule has 0 spiro atoms. The smallest absolute Gasteiger partial charge is 0.270 e. The van der Waals surface area contributed by atoms with Crippen LogP contribution in [0.5, 0.6) is 11.6 Å². The van der Waals surface area contributed by atoms with Crippen LogP contribution in [0.1, 0.15) is 21.7 Å². The first-order valence-corrected chi connectivity index (χ1v) is 9.60. The summed E-state index contributed by atoms with van der Waals surface area (Å²) in [5, 5.41) is 26.2. The first-order chi connectivity index (χ1) is 15.4. The summed E-state index contributed by atoms with van der Waals surface area (Å²) < 4.78 is 7.40. The summed E-state index contributed by atoms with van der Waals surface area (Å²) in [6.07, 6.45) is 0. The van der Waals surface area contributed by atoms with Gasteiger partial charge in [0.25, 0.3) is 11.6 Å². The van der Waals surface area contributed by atoms with Gasteiger partial charge in [-0.15, -0.1) is 10.2 Å². The highest BCUT2D eigenvalue weighted by molar-refractivity contribution is 6.04. The second-order valence-electron chi connectivity index (χ2n) is 6.96. The van der Waals surface area contributed by atoms with E-state index in [9.17, 15) is 14.9 Å². The number of hydrogen-bond donors (Lipinski definition) is 1. The van der Waals surface area contributed by atoms with Gasteiger partial charge in [-0.1, -0.05) is 6.07 Å². The number of aromatic nitrogens is 4. The highest BCUT2D eigenvalue weighted by Crippen LogP contribution is 2.22. The normalized spacial score (nSPS) is 10.6. The number of carbonyl (C=O) groups is 1. The van der Waals surface area contributed by atoms with E-state index in [2.05, 4.69) is 20.6 Å². The highest BCUT2D eigenvalue weighted by Gasteiger charge is 2.12. The molecule has 2 aromatic heterocycles. The molecule has 0 aliphatic rings. The van der Waals surface area contributed by atoms with Crippen LogP contribution in [0.25, 0.3) is 5.82 Å². The molecule has 0 atom stereocenters. The number of nitro groups is 1. The Morgan fingerprint density at radius 3 is 2.44 bits per heavy atom. The number of nitro benzene ring substituents is 1. The van der Waals surface area contributed by atoms with Crippen molar-refractivity contribution in [1.82, 2.24) is 20.0 Å². The number of benzene rings is 2. The molecule has 0 unspecified atom stereocenters. The number of anilines is 1. The largest absolute Gasteiger partial charge is 0.438 e. The van der Waals surface area contributed by atoms with Crippen molar-refractivity contribution in [2.75, 3.05) is 5.32 Å². The third kappa shape index (κ3) is 4.59. The van der Waals surface area contributed by atoms with Gasteiger partial charge in [0.2, 0.25) is 5.88 Å². The Bertz CT molecular complexity index is 1280. The maximum Gasteiger partial charge on any atom is 0.270 e. The predicted molar refractivity (Wildman–Crippen MR) is 116 cm³/mol. The summed E-state index contributed by atoms with van der Waals surface area (Å²) in [5.41, 5.74) is 2.40. The molecule has 0 saturated heterocycles. The zero-order valence-electron chi connectivity index (χ0n) is 17.2. The fourth-order valence-corrected chi connectivity index (χ4v) is 3.03. The lowest BCUT2D eigenvalue weighted by atomic mass is 10.2. The Morgan fingerprint density at radius 2 is 1.81 bits per heavy atom. The molecule has 4 aromatic rings. The lowest BCUT2D eigenvalue weighted by Gasteiger charge is -2.08. The number of nitrogens with zero attached hydrogens (tertiary/aromatic N) is 5. The SMILES string of the molecule is Cc1cc(C)n(-c2ccc(Oc3ccc(NC(=O)c4cccc([N+](=O)[O-])c4)cc3)nn2)n1. The van der Waals surface area contributed by atoms with Crippen LogP contribution in [0.15, 0.2) is 66.7 Å². The van der Waals surface area contributed by atoms with Crippen molar-refractivity contribution in [3.63, 3.8) is 0 Å². The van der Waals surface area contributed by atoms with Gasteiger partial charge in [0.1, 0.15) is 5.75 Å². The van der Waals surface area contributed by atoms with Gasteiger partial charge in [0.15, 0.2) is 5.82 Å². The van der Waals surface area contributed by atoms with Crippen LogP contribution in [0.4, 0.5) is 11.4 Å². The van der Waals surface area contributed by atoms with E-state index in [1.54, 1.807) is 41.1 Å². The van der Waals surface area contributed by atoms with E-state index in [0.29, 0.717) is 23.1 Å². The van der Waals surface area contributed by atoms with Crippen molar-refractivity contribution in [3.8, 4) is 17.4 Å². The first kappa shape index (κ1) is 20.7. The van der Waals surface area contributed by atoms with Gasteiger partial charge in [-0.25, -0.2) is 4.68 Å². The van der Waals surface area contributed by atoms with Crippen molar-refractivity contribution in [2.45, 2.75) is 13.8 Å². The van der Waals surface area contributed by atoms with E-state index in [0.717, 1.165) is 11.4 Å². The van der Waals surface area contributed by atoms with E-state index in [1.807, 2.05) is 19.9 Å². The first-order valence-electron chi connectivity index (χ1n) is 9.60. The number of nitrogens with one attached hydrogen (secondary N) is 1. The minimum absolute atomic E-state index is 0.147. The second-order valence-corrected chi connectivity index (χ2v) is 6.96. The van der Waals surface area contributed by atoms with Gasteiger partial charge in [0.05, 0.1) is 10.6 Å². The molecule has 2 heterocycles. The lowest BCUT2D eigenvalue weighted by Crippen LogP contribution is -2.12. The van der Waals surface area contributed by atoms with Crippen molar-refractivity contribution < 1.29 is 14.5 Å². The minimum atomic E-state index is -0.546. The van der Waals surface area contributed by atoms with Gasteiger partial charge in [-0.2, -0.15) is 5.10 Å². The Balaban J connectivity index is 1.40. The van der Waals surface area contributed by atoms with E-state index in [4.69, 9.17) is 4.74 Å². The molecule has 4 rings (SSSR count). The van der Waals surface area contributed by atoms with E-state index >= 15 is 0 Å². The van der Waals surface area contributed by atoms with Crippen LogP contribution in [-0.2, 0) is 0 Å². The molecule has 10 nitrogen and oxygen atoms in total. The molecule has 1 N–H and O–H groups in total. The lowest BCUT2D eigenvalue weighted by molar-refractivity contribution is -0.384. The Morgan fingerprint density at radius 1 is 1.03 bits per heavy atom. The van der Waals surface area contributed by atoms with Crippen LogP contribution in [-0.4, -0.2) is 30.8 Å². The van der Waals surface area contributed by atoms with E-state index in [1.165, 1.54) is 24.3 Å². The topological polar surface area (TPSA) is 125 Å². The number of carbonyl (C=O) groups excluding carboxylic acids is 1. The zero-order valence-corrected chi connectivity index (χ0v) is 17.2. The average molecular weight is 430 g/mol. The molecular formula is C22H18N6O4. The molecule has 0 fully saturated rings. The third-order valence-corrected chi connectivity index (χ3v) is 4.51. The fourth-order valence-electron chi connectivity index (χ4n) is 3.03. The number of aryl methyl sites for hydroxylation is 2. The summed E-state index contributed by atoms with van der Waals surface area (Å²) >= 11 is 0. The number of ether oxygens (including phenoxy) is 1. The van der Waals surface area contributed by atoms with Crippen LogP contribution >= 0.6 is 0 Å². The molecule has 0 saturated carbocycles. The number of non-ortho nitro benzene ring substituents is 1. The summed E-state index contributed by atoms with van der Waals surface area (Å²) in [6.45, 7) is 3.84. The van der Waals surface area contributed by atoms with Gasteiger partial charge >= 0.3 is 0 Å². The second kappa shape index (κ2) is 8.64. The van der Waals surface area contributed by atoms with Gasteiger partial charge in [-0.3, -0.25) is 14.9 Å². The molecule has 0 aliphatic carbocycles. The molecular weight excluding hydrogens is 412 g/mol. The van der Waals surface area contributed by atoms with Gasteiger partial charge < -0.3 is 10.1 Å². The fraction of sp³-hybridized carbons (Fsp3) is 0.0909. The van der Waals surface area contributed by atoms with Crippen LogP contribution in [0, 0.1) is 24.0 Å². The minimum Gasteiger partial charge on any atom is -0.438 e. The Kier molecular flexibility index (Phi) is 5.58. The molecule has 32 heavy (non-hydrogen) atoms. The van der Waals surface area contributed by atoms with Crippen LogP contribution in [0.2, 0.25) is 0 Å². The van der Waals surface area contributed by atoms with Crippen molar-refractivity contribution in [1.29, 1.82) is 0 Å². The van der Waals surface area contributed by atoms with Gasteiger partial charge in [0, 0.05) is 35.1 Å². The summed E-state index contributed by atoms with van der Waals surface area (Å²) in [4.78, 5) is 22.7. The summed E-state index contributed by atoms with van der Waals surface area (Å²) in [5.74, 6) is 0.949. The molecule has 0 aliphatic heterocycles. The summed E-state index contributed by atoms with van der Waals surface area (Å²) in [7, 11) is 0. The number of amides is 1. The monoisotopic (exact) mass is 430 g/mol. The zero-order chi connectivity index (χ0) is 22.7. The number of rotatable bonds is 6. The Labute approximate surface area is 182 Å². The Hall–Kier alpha value is -4.60. The highest BCUT2D eigenvalue weighted by atomic mass is 16.6. The third-order valence-electron chi connectivity index (χ3n) is 4.51. The molecule has 160 valence electrons. The van der Waals surface area contributed by atoms with Crippen LogP contribution < -0.4 is 10.1 Å². The standard InChI is InChI=1S/C22H18N6O4/c1-14-12-15(2)27(26-14)20-10-11-21(25-24-20)32-19-8-6-17(7-9-19)23-22(29)16-4-3-5-18(13-16)28(30)31/h3-13H,1-2H3,(H,23,29). The van der Waals surface area contributed by atoms with Crippen LogP contribution in [0.3, 0.4) is 0 Å². The molecule has 10 heteroatoms. The molecule has 0 bridgehead atoms. The van der Waals surface area contributed by atoms with Crippen molar-refractivity contribution in [3.05, 3.63) is 93.8 Å². The maximum atomic E-state index is 12.3. The van der Waals surface area contributed by atoms with Crippen molar-refractivity contribution >= 4 is 17.3 Å². The molecule has 1 amide bonds. The van der Waals surface area contributed by atoms with E-state index in [-0.39, 0.29) is 11.3 Å². The number of hydrogen-bond acceptors (Lipinski definition) is 7. The predicted octanol–water partition coefficient (Wildman–Crippen LogP) is 4.23. The van der Waals surface area contributed by atoms with E-state index < -0.39 is 10.8 Å². The maximum absolute atomic E-state index is 12.3. The average Bonchev–Trinajstić information content (AvgIpc) is 3.13. The molecule has 2 aromatic carbocycles. The summed E-state index contributed by atoms with van der Waals surface area (Å²) in [6, 6.07) is 17.6. The quantitative estimate of drug-likeness (QED) is 0.358. The molecule has 0 radical (unpaired) electrons.